The molecule has 140 valence electrons. The summed E-state index contributed by atoms with van der Waals surface area (Å²) in [7, 11) is 0. The van der Waals surface area contributed by atoms with Crippen LogP contribution >= 0.6 is 0 Å². The molecule has 0 aliphatic carbocycles. The first-order valence-electron chi connectivity index (χ1n) is 9.27. The number of carbonyl (C=O) groups excluding carboxylic acids is 1. The average molecular weight is 365 g/mol. The number of pyridine rings is 1. The zero-order chi connectivity index (χ0) is 18.8. The summed E-state index contributed by atoms with van der Waals surface area (Å²) in [6, 6.07) is 11.7. The Morgan fingerprint density at radius 2 is 1.96 bits per heavy atom. The Labute approximate surface area is 157 Å². The summed E-state index contributed by atoms with van der Waals surface area (Å²) in [5.74, 6) is -0.408. The predicted molar refractivity (Wildman–Crippen MR) is 105 cm³/mol. The molecule has 3 heterocycles. The van der Waals surface area contributed by atoms with E-state index in [0.29, 0.717) is 17.9 Å². The van der Waals surface area contributed by atoms with Crippen LogP contribution in [0.1, 0.15) is 23.1 Å². The van der Waals surface area contributed by atoms with Gasteiger partial charge in [-0.2, -0.15) is 5.10 Å². The molecule has 1 fully saturated rings. The second-order valence-electron chi connectivity index (χ2n) is 6.52. The predicted octanol–water partition coefficient (Wildman–Crippen LogP) is 2.32. The Morgan fingerprint density at radius 3 is 2.67 bits per heavy atom. The highest BCUT2D eigenvalue weighted by molar-refractivity contribution is 5.98. The normalized spacial score (nSPS) is 14.5. The monoisotopic (exact) mass is 365 g/mol. The van der Waals surface area contributed by atoms with Gasteiger partial charge in [0.15, 0.2) is 11.3 Å². The van der Waals surface area contributed by atoms with Crippen LogP contribution < -0.4 is 10.2 Å². The van der Waals surface area contributed by atoms with E-state index in [9.17, 15) is 4.79 Å². The first-order valence-corrected chi connectivity index (χ1v) is 9.27. The number of aryl methyl sites for hydroxylation is 1. The molecule has 0 saturated carbocycles. The number of anilines is 1. The van der Waals surface area contributed by atoms with E-state index in [1.807, 2.05) is 43.3 Å². The molecule has 0 spiro atoms. The largest absolute Gasteiger partial charge is 0.461 e. The lowest BCUT2D eigenvalue weighted by Gasteiger charge is -2.30. The number of benzene rings is 1. The minimum atomic E-state index is -0.408. The number of esters is 1. The maximum Gasteiger partial charge on any atom is 0.357 e. The Kier molecular flexibility index (Phi) is 4.77. The third-order valence-corrected chi connectivity index (χ3v) is 4.73. The number of ether oxygens (including phenoxy) is 1. The zero-order valence-electron chi connectivity index (χ0n) is 15.6. The fourth-order valence-corrected chi connectivity index (χ4v) is 3.48. The van der Waals surface area contributed by atoms with Crippen molar-refractivity contribution in [1.29, 1.82) is 0 Å². The quantitative estimate of drug-likeness (QED) is 0.716. The van der Waals surface area contributed by atoms with Crippen LogP contribution in [0.3, 0.4) is 0 Å². The van der Waals surface area contributed by atoms with E-state index in [1.165, 1.54) is 0 Å². The van der Waals surface area contributed by atoms with Crippen LogP contribution in [0.15, 0.2) is 36.4 Å². The highest BCUT2D eigenvalue weighted by atomic mass is 16.5. The van der Waals surface area contributed by atoms with Gasteiger partial charge in [0.05, 0.1) is 29.1 Å². The van der Waals surface area contributed by atoms with Gasteiger partial charge in [0, 0.05) is 26.2 Å². The topological polar surface area (TPSA) is 72.3 Å². The molecule has 27 heavy (non-hydrogen) atoms. The Bertz CT molecular complexity index is 961. The highest BCUT2D eigenvalue weighted by Crippen LogP contribution is 2.31. The van der Waals surface area contributed by atoms with Crippen molar-refractivity contribution >= 4 is 22.7 Å². The number of rotatable bonds is 4. The van der Waals surface area contributed by atoms with Gasteiger partial charge >= 0.3 is 5.97 Å². The molecule has 0 radical (unpaired) electrons. The molecule has 1 saturated heterocycles. The van der Waals surface area contributed by atoms with Crippen LogP contribution in [0.5, 0.6) is 0 Å². The standard InChI is InChI=1S/C20H23N5O2/c1-3-27-20(26)16-13-17(24-11-9-21-10-12-24)18-14(2)23-25(19(18)22-16)15-7-5-4-6-8-15/h4-8,13,21H,3,9-12H2,1-2H3. The molecule has 0 unspecified atom stereocenters. The van der Waals surface area contributed by atoms with E-state index in [2.05, 4.69) is 15.2 Å². The van der Waals surface area contributed by atoms with Crippen LogP contribution in [0.25, 0.3) is 16.7 Å². The molecule has 0 atom stereocenters. The first kappa shape index (κ1) is 17.5. The van der Waals surface area contributed by atoms with Crippen molar-refractivity contribution in [2.24, 2.45) is 0 Å². The number of hydrogen-bond acceptors (Lipinski definition) is 6. The summed E-state index contributed by atoms with van der Waals surface area (Å²) >= 11 is 0. The van der Waals surface area contributed by atoms with Gasteiger partial charge in [0.1, 0.15) is 0 Å². The molecule has 7 nitrogen and oxygen atoms in total. The third-order valence-electron chi connectivity index (χ3n) is 4.73. The van der Waals surface area contributed by atoms with Gasteiger partial charge in [-0.25, -0.2) is 14.5 Å². The lowest BCUT2D eigenvalue weighted by Crippen LogP contribution is -2.43. The Hall–Kier alpha value is -2.93. The second kappa shape index (κ2) is 7.36. The van der Waals surface area contributed by atoms with Crippen LogP contribution in [0.4, 0.5) is 5.69 Å². The van der Waals surface area contributed by atoms with Crippen molar-refractivity contribution in [3.05, 3.63) is 47.8 Å². The molecule has 0 amide bonds. The molecule has 1 N–H and O–H groups in total. The van der Waals surface area contributed by atoms with Gasteiger partial charge in [0.25, 0.3) is 0 Å². The number of piperazine rings is 1. The molecule has 7 heteroatoms. The summed E-state index contributed by atoms with van der Waals surface area (Å²) in [5.41, 5.74) is 3.79. The minimum absolute atomic E-state index is 0.315. The lowest BCUT2D eigenvalue weighted by molar-refractivity contribution is 0.0520. The minimum Gasteiger partial charge on any atom is -0.461 e. The number of nitrogens with zero attached hydrogens (tertiary/aromatic N) is 4. The summed E-state index contributed by atoms with van der Waals surface area (Å²) in [5, 5.41) is 9.07. The van der Waals surface area contributed by atoms with Crippen molar-refractivity contribution in [2.45, 2.75) is 13.8 Å². The van der Waals surface area contributed by atoms with E-state index in [0.717, 1.165) is 48.6 Å². The van der Waals surface area contributed by atoms with E-state index < -0.39 is 5.97 Å². The highest BCUT2D eigenvalue weighted by Gasteiger charge is 2.23. The number of nitrogens with one attached hydrogen (secondary N) is 1. The summed E-state index contributed by atoms with van der Waals surface area (Å²) < 4.78 is 7.01. The van der Waals surface area contributed by atoms with Gasteiger partial charge in [-0.15, -0.1) is 0 Å². The molecule has 3 aromatic rings. The van der Waals surface area contributed by atoms with E-state index in [1.54, 1.807) is 11.6 Å². The fourth-order valence-electron chi connectivity index (χ4n) is 3.48. The van der Waals surface area contributed by atoms with Gasteiger partial charge in [0.2, 0.25) is 0 Å². The number of hydrogen-bond donors (Lipinski definition) is 1. The van der Waals surface area contributed by atoms with Crippen LogP contribution in [0, 0.1) is 6.92 Å². The Morgan fingerprint density at radius 1 is 1.22 bits per heavy atom. The lowest BCUT2D eigenvalue weighted by atomic mass is 10.1. The maximum atomic E-state index is 12.4. The number of para-hydroxylation sites is 1. The number of aromatic nitrogens is 3. The Balaban J connectivity index is 1.94. The van der Waals surface area contributed by atoms with Crippen LogP contribution in [-0.2, 0) is 4.74 Å². The first-order chi connectivity index (χ1) is 13.2. The SMILES string of the molecule is CCOC(=O)c1cc(N2CCNCC2)c2c(C)nn(-c3ccccc3)c2n1. The molecular weight excluding hydrogens is 342 g/mol. The van der Waals surface area contributed by atoms with Crippen molar-refractivity contribution in [3.8, 4) is 5.69 Å². The van der Waals surface area contributed by atoms with Gasteiger partial charge in [-0.05, 0) is 32.0 Å². The van der Waals surface area contributed by atoms with E-state index in [4.69, 9.17) is 9.84 Å². The summed E-state index contributed by atoms with van der Waals surface area (Å²) in [6.07, 6.45) is 0. The van der Waals surface area contributed by atoms with Gasteiger partial charge in [-0.1, -0.05) is 18.2 Å². The maximum absolute atomic E-state index is 12.4. The molecule has 1 aromatic carbocycles. The van der Waals surface area contributed by atoms with E-state index in [-0.39, 0.29) is 0 Å². The number of carbonyl (C=O) groups is 1. The van der Waals surface area contributed by atoms with Gasteiger partial charge in [-0.3, -0.25) is 0 Å². The molecule has 1 aliphatic rings. The van der Waals surface area contributed by atoms with Crippen molar-refractivity contribution in [1.82, 2.24) is 20.1 Å². The fraction of sp³-hybridized carbons (Fsp3) is 0.350. The molecule has 0 bridgehead atoms. The second-order valence-corrected chi connectivity index (χ2v) is 6.52. The van der Waals surface area contributed by atoms with Crippen LogP contribution in [-0.4, -0.2) is 53.5 Å². The smallest absolute Gasteiger partial charge is 0.357 e. The number of fused-ring (bicyclic) bond motifs is 1. The third kappa shape index (κ3) is 3.26. The molecule has 1 aliphatic heterocycles. The van der Waals surface area contributed by atoms with Crippen molar-refractivity contribution in [2.75, 3.05) is 37.7 Å². The van der Waals surface area contributed by atoms with Crippen LogP contribution in [0.2, 0.25) is 0 Å². The molecule has 2 aromatic heterocycles. The molecule has 4 rings (SSSR count). The van der Waals surface area contributed by atoms with Crippen molar-refractivity contribution < 1.29 is 9.53 Å². The average Bonchev–Trinajstić information content (AvgIpc) is 3.05. The summed E-state index contributed by atoms with van der Waals surface area (Å²) in [4.78, 5) is 19.3. The van der Waals surface area contributed by atoms with E-state index >= 15 is 0 Å². The molecular formula is C20H23N5O2. The van der Waals surface area contributed by atoms with Gasteiger partial charge < -0.3 is 15.0 Å². The zero-order valence-corrected chi connectivity index (χ0v) is 15.6. The summed E-state index contributed by atoms with van der Waals surface area (Å²) in [6.45, 7) is 7.66. The van der Waals surface area contributed by atoms with Crippen molar-refractivity contribution in [3.63, 3.8) is 0 Å².